The summed E-state index contributed by atoms with van der Waals surface area (Å²) in [6.07, 6.45) is 6.59. The minimum Gasteiger partial charge on any atom is -0.497 e. The number of pyridine rings is 3. The number of benzene rings is 6. The summed E-state index contributed by atoms with van der Waals surface area (Å²) in [5.74, 6) is 5.54. The number of hydrogen-bond acceptors (Lipinski definition) is 16. The van der Waals surface area contributed by atoms with E-state index in [9.17, 15) is 14.4 Å². The van der Waals surface area contributed by atoms with Crippen LogP contribution in [0.1, 0.15) is 126 Å². The van der Waals surface area contributed by atoms with E-state index in [0.717, 1.165) is 173 Å². The molecule has 14 rings (SSSR count). The third kappa shape index (κ3) is 10.8. The van der Waals surface area contributed by atoms with Gasteiger partial charge in [-0.1, -0.05) is 0 Å². The van der Waals surface area contributed by atoms with E-state index >= 15 is 0 Å². The third-order valence-corrected chi connectivity index (χ3v) is 16.8. The molecule has 5 heterocycles. The summed E-state index contributed by atoms with van der Waals surface area (Å²) >= 11 is 0. The monoisotopic (exact) mass is 1140 g/mol. The van der Waals surface area contributed by atoms with Crippen LogP contribution in [0, 0.1) is 48.5 Å². The van der Waals surface area contributed by atoms with Crippen LogP contribution in [0.2, 0.25) is 0 Å². The molecule has 0 spiro atoms. The molecule has 0 saturated heterocycles. The largest absolute Gasteiger partial charge is 0.497 e. The van der Waals surface area contributed by atoms with Gasteiger partial charge in [-0.25, -0.2) is 0 Å². The van der Waals surface area contributed by atoms with Gasteiger partial charge in [0.2, 0.25) is 13.6 Å². The first-order chi connectivity index (χ1) is 41.0. The smallest absolute Gasteiger partial charge is 0.231 e. The van der Waals surface area contributed by atoms with Crippen LogP contribution in [-0.2, 0) is 19.3 Å². The van der Waals surface area contributed by atoms with Gasteiger partial charge in [-0.15, -0.1) is 0 Å². The Bertz CT molecular complexity index is 4270. The van der Waals surface area contributed by atoms with Gasteiger partial charge in [-0.3, -0.25) is 29.3 Å². The Morgan fingerprint density at radius 1 is 0.388 bits per heavy atom. The summed E-state index contributed by atoms with van der Waals surface area (Å²) in [7, 11) is 5.00. The first-order valence-electron chi connectivity index (χ1n) is 28.9. The van der Waals surface area contributed by atoms with Crippen LogP contribution in [0.5, 0.6) is 40.2 Å². The normalized spacial score (nSPS) is 14.4. The van der Waals surface area contributed by atoms with Crippen molar-refractivity contribution >= 4 is 84.2 Å². The van der Waals surface area contributed by atoms with E-state index in [1.807, 2.05) is 75.4 Å². The summed E-state index contributed by atoms with van der Waals surface area (Å²) < 4.78 is 38.6. The number of aromatic nitrogens is 3. The highest BCUT2D eigenvalue weighted by Crippen LogP contribution is 2.45. The van der Waals surface area contributed by atoms with Gasteiger partial charge >= 0.3 is 0 Å². The first kappa shape index (κ1) is 56.1. The van der Waals surface area contributed by atoms with Crippen molar-refractivity contribution in [2.75, 3.05) is 50.9 Å². The topological polar surface area (TPSA) is 191 Å². The Hall–Kier alpha value is -9.44. The highest BCUT2D eigenvalue weighted by atomic mass is 16.7. The van der Waals surface area contributed by atoms with Gasteiger partial charge in [0.15, 0.2) is 40.3 Å². The quantitative estimate of drug-likeness (QED) is 0.124. The Balaban J connectivity index is 0.000000125. The Morgan fingerprint density at radius 3 is 1.18 bits per heavy atom. The standard InChI is InChI=1S/C24H26N2O2.C23H22N2O4.C22H20N2O4/c1-13-10-18-20(11-14(13)2)26-19-7-6-8-21(27)23(19)24(18)25-17-9-15(3)16(4)22(12-17)28-5;1-12-7-14(8-19(27-3)13(12)2)24-23-15-9-20-21(29-11-28-20)10-17(15)25-16-5-4-6-18(26)22(16)23;1-12-6-13(8-14(7-12)26-2)23-22-15-9-19-20(28-11-27-19)10-17(15)24-16-4-3-5-18(25)21(16)22/h9-12H,6-8H2,1-5H3,(H,25,26);7-10H,4-6,11H2,1-3H3,(H,24,25);6-10H,3-5,11H2,1-2H3,(H,23,24). The molecule has 16 heteroatoms. The Labute approximate surface area is 493 Å². The lowest BCUT2D eigenvalue weighted by Crippen LogP contribution is -2.16. The molecule has 9 aromatic rings. The molecule has 16 nitrogen and oxygen atoms in total. The van der Waals surface area contributed by atoms with Crippen molar-refractivity contribution in [2.24, 2.45) is 0 Å². The van der Waals surface area contributed by atoms with Crippen molar-refractivity contribution < 1.29 is 47.5 Å². The summed E-state index contributed by atoms with van der Waals surface area (Å²) in [5, 5.41) is 13.2. The molecule has 0 bridgehead atoms. The predicted octanol–water partition coefficient (Wildman–Crippen LogP) is 15.1. The predicted molar refractivity (Wildman–Crippen MR) is 331 cm³/mol. The Kier molecular flexibility index (Phi) is 15.1. The first-order valence-corrected chi connectivity index (χ1v) is 28.9. The van der Waals surface area contributed by atoms with Crippen molar-refractivity contribution in [3.05, 3.63) is 152 Å². The highest BCUT2D eigenvalue weighted by Gasteiger charge is 2.30. The van der Waals surface area contributed by atoms with Crippen molar-refractivity contribution in [2.45, 2.75) is 106 Å². The second-order valence-corrected chi connectivity index (χ2v) is 22.5. The second kappa shape index (κ2) is 23.0. The molecule has 2 aliphatic heterocycles. The maximum absolute atomic E-state index is 12.9. The number of fused-ring (bicyclic) bond motifs is 8. The van der Waals surface area contributed by atoms with E-state index in [2.05, 4.69) is 67.9 Å². The molecule has 3 aliphatic carbocycles. The molecule has 434 valence electrons. The van der Waals surface area contributed by atoms with Gasteiger partial charge in [0.05, 0.1) is 88.7 Å². The summed E-state index contributed by atoms with van der Waals surface area (Å²) in [4.78, 5) is 52.9. The molecular weight excluding hydrogens is 1070 g/mol. The molecule has 0 unspecified atom stereocenters. The number of aryl methyl sites for hydroxylation is 8. The molecule has 85 heavy (non-hydrogen) atoms. The number of ketones is 3. The molecule has 0 radical (unpaired) electrons. The average molecular weight is 1140 g/mol. The maximum atomic E-state index is 12.9. The zero-order chi connectivity index (χ0) is 59.4. The number of ether oxygens (including phenoxy) is 7. The number of anilines is 6. The average Bonchev–Trinajstić information content (AvgIpc) is 2.05. The second-order valence-electron chi connectivity index (χ2n) is 22.5. The fraction of sp³-hybridized carbons (Fsp3) is 0.304. The maximum Gasteiger partial charge on any atom is 0.231 e. The van der Waals surface area contributed by atoms with Crippen LogP contribution in [0.3, 0.4) is 0 Å². The third-order valence-electron chi connectivity index (χ3n) is 16.8. The highest BCUT2D eigenvalue weighted by molar-refractivity contribution is 6.13. The van der Waals surface area contributed by atoms with Gasteiger partial charge in [-0.2, -0.15) is 0 Å². The lowest BCUT2D eigenvalue weighted by atomic mass is 9.90. The summed E-state index contributed by atoms with van der Waals surface area (Å²) in [5.41, 5.74) is 20.2. The molecule has 5 aliphatic rings. The van der Waals surface area contributed by atoms with Crippen LogP contribution >= 0.6 is 0 Å². The number of hydrogen-bond donors (Lipinski definition) is 3. The number of methoxy groups -OCH3 is 3. The van der Waals surface area contributed by atoms with Gasteiger partial charge in [0.25, 0.3) is 0 Å². The van der Waals surface area contributed by atoms with E-state index in [1.165, 1.54) is 11.1 Å². The number of rotatable bonds is 9. The lowest BCUT2D eigenvalue weighted by molar-refractivity contribution is 0.0964. The molecule has 3 N–H and O–H groups in total. The fourth-order valence-electron chi connectivity index (χ4n) is 12.0. The summed E-state index contributed by atoms with van der Waals surface area (Å²) in [6.45, 7) is 14.8. The van der Waals surface area contributed by atoms with Gasteiger partial charge in [0, 0.05) is 82.8 Å². The number of Topliss-reactive ketones (excluding diaryl/α,β-unsaturated/α-hetero) is 3. The van der Waals surface area contributed by atoms with Crippen LogP contribution in [0.15, 0.2) is 78.9 Å². The molecule has 0 atom stereocenters. The number of carbonyl (C=O) groups excluding carboxylic acids is 3. The van der Waals surface area contributed by atoms with Crippen LogP contribution in [0.25, 0.3) is 32.7 Å². The van der Waals surface area contributed by atoms with Crippen molar-refractivity contribution in [3.8, 4) is 40.2 Å². The summed E-state index contributed by atoms with van der Waals surface area (Å²) in [6, 6.07) is 25.9. The fourth-order valence-corrected chi connectivity index (χ4v) is 12.0. The SMILES string of the molecule is COc1cc(C)cc(Nc2c3c(nc4cc5c(cc24)OCO5)CCCC3=O)c1.COc1cc(Nc2c3c(nc4cc(C)c(C)cc24)CCCC3=O)cc(C)c1C.COc1cc(Nc2c3c(nc4cc5c(cc24)OCO5)CCCC3=O)cc(C)c1C. The molecule has 0 saturated carbocycles. The van der Waals surface area contributed by atoms with Crippen molar-refractivity contribution in [1.82, 2.24) is 15.0 Å². The number of nitrogens with one attached hydrogen (secondary N) is 3. The van der Waals surface area contributed by atoms with Crippen LogP contribution < -0.4 is 49.1 Å². The van der Waals surface area contributed by atoms with E-state index < -0.39 is 0 Å². The van der Waals surface area contributed by atoms with Gasteiger partial charge in [0.1, 0.15) is 17.2 Å². The minimum atomic E-state index is 0.121. The zero-order valence-electron chi connectivity index (χ0n) is 49.7. The molecule has 0 fully saturated rings. The minimum absolute atomic E-state index is 0.121. The Morgan fingerprint density at radius 2 is 0.765 bits per heavy atom. The van der Waals surface area contributed by atoms with E-state index in [-0.39, 0.29) is 30.9 Å². The van der Waals surface area contributed by atoms with Crippen LogP contribution in [0.4, 0.5) is 34.1 Å². The van der Waals surface area contributed by atoms with Gasteiger partial charge in [-0.05, 0) is 174 Å². The lowest BCUT2D eigenvalue weighted by Gasteiger charge is -2.22. The van der Waals surface area contributed by atoms with Crippen molar-refractivity contribution in [3.63, 3.8) is 0 Å². The van der Waals surface area contributed by atoms with E-state index in [1.54, 1.807) is 21.3 Å². The molecule has 6 aromatic carbocycles. The van der Waals surface area contributed by atoms with Crippen LogP contribution in [-0.4, -0.2) is 67.2 Å². The van der Waals surface area contributed by atoms with Gasteiger partial charge < -0.3 is 49.1 Å². The number of nitrogens with zero attached hydrogens (tertiary/aromatic N) is 3. The molecule has 3 aromatic heterocycles. The molecule has 0 amide bonds. The van der Waals surface area contributed by atoms with Crippen molar-refractivity contribution in [1.29, 1.82) is 0 Å². The van der Waals surface area contributed by atoms with E-state index in [0.29, 0.717) is 53.4 Å². The zero-order valence-corrected chi connectivity index (χ0v) is 49.7. The number of carbonyl (C=O) groups is 3. The molecular formula is C69H68N6O10. The van der Waals surface area contributed by atoms with E-state index in [4.69, 9.17) is 48.1 Å².